The van der Waals surface area contributed by atoms with Crippen molar-refractivity contribution in [1.29, 1.82) is 0 Å². The smallest absolute Gasteiger partial charge is 0.181 e. The Kier molecular flexibility index (Phi) is 3.28. The van der Waals surface area contributed by atoms with Crippen molar-refractivity contribution in [3.63, 3.8) is 0 Å². The molecule has 3 rings (SSSR count). The predicted octanol–water partition coefficient (Wildman–Crippen LogP) is 4.11. The van der Waals surface area contributed by atoms with Gasteiger partial charge in [-0.05, 0) is 24.6 Å². The van der Waals surface area contributed by atoms with E-state index in [1.54, 1.807) is 4.68 Å². The molecule has 0 N–H and O–H groups in total. The van der Waals surface area contributed by atoms with E-state index in [1.165, 1.54) is 5.56 Å². The van der Waals surface area contributed by atoms with Gasteiger partial charge in [0.15, 0.2) is 11.6 Å². The van der Waals surface area contributed by atoms with Crippen molar-refractivity contribution in [1.82, 2.24) is 14.8 Å². The summed E-state index contributed by atoms with van der Waals surface area (Å²) in [6, 6.07) is 15.7. The van der Waals surface area contributed by atoms with Crippen molar-refractivity contribution in [2.75, 3.05) is 0 Å². The van der Waals surface area contributed by atoms with E-state index in [0.717, 1.165) is 17.0 Å². The molecule has 20 heavy (non-hydrogen) atoms. The number of benzene rings is 2. The van der Waals surface area contributed by atoms with Crippen LogP contribution < -0.4 is 0 Å². The average molecular weight is 284 g/mol. The molecule has 0 aliphatic carbocycles. The van der Waals surface area contributed by atoms with Gasteiger partial charge in [0.05, 0.1) is 0 Å². The number of nitrogens with zero attached hydrogens (tertiary/aromatic N) is 3. The van der Waals surface area contributed by atoms with E-state index in [1.807, 2.05) is 43.4 Å². The third kappa shape index (κ3) is 2.32. The highest BCUT2D eigenvalue weighted by Crippen LogP contribution is 2.25. The molecule has 0 aliphatic heterocycles. The van der Waals surface area contributed by atoms with E-state index >= 15 is 0 Å². The molecule has 4 heteroatoms. The van der Waals surface area contributed by atoms with E-state index in [0.29, 0.717) is 10.8 Å². The molecular formula is C16H14ClN3. The molecule has 0 fully saturated rings. The Hall–Kier alpha value is -2.13. The molecule has 0 radical (unpaired) electrons. The van der Waals surface area contributed by atoms with Crippen LogP contribution in [0, 0.1) is 6.92 Å². The first-order valence-corrected chi connectivity index (χ1v) is 6.76. The number of aromatic nitrogens is 3. The summed E-state index contributed by atoms with van der Waals surface area (Å²) in [4.78, 5) is 4.65. The molecular weight excluding hydrogens is 270 g/mol. The van der Waals surface area contributed by atoms with Gasteiger partial charge >= 0.3 is 0 Å². The summed E-state index contributed by atoms with van der Waals surface area (Å²) in [7, 11) is 1.91. The summed E-state index contributed by atoms with van der Waals surface area (Å²) in [5.74, 6) is 1.55. The van der Waals surface area contributed by atoms with Crippen LogP contribution in [0.3, 0.4) is 0 Å². The molecule has 0 saturated carbocycles. The van der Waals surface area contributed by atoms with Gasteiger partial charge < -0.3 is 0 Å². The van der Waals surface area contributed by atoms with Gasteiger partial charge in [0.1, 0.15) is 0 Å². The van der Waals surface area contributed by atoms with Crippen LogP contribution in [0.2, 0.25) is 5.02 Å². The van der Waals surface area contributed by atoms with E-state index in [9.17, 15) is 0 Å². The molecule has 0 aliphatic rings. The molecule has 1 heterocycles. The Morgan fingerprint density at radius 1 is 1.05 bits per heavy atom. The van der Waals surface area contributed by atoms with Crippen molar-refractivity contribution in [3.8, 4) is 22.8 Å². The Balaban J connectivity index is 2.10. The number of aryl methyl sites for hydroxylation is 2. The third-order valence-corrected chi connectivity index (χ3v) is 3.47. The van der Waals surface area contributed by atoms with Crippen molar-refractivity contribution < 1.29 is 0 Å². The third-order valence-electron chi connectivity index (χ3n) is 3.23. The fourth-order valence-corrected chi connectivity index (χ4v) is 2.38. The Morgan fingerprint density at radius 3 is 2.60 bits per heavy atom. The first kappa shape index (κ1) is 12.9. The fourth-order valence-electron chi connectivity index (χ4n) is 2.19. The van der Waals surface area contributed by atoms with E-state index < -0.39 is 0 Å². The molecule has 0 unspecified atom stereocenters. The lowest BCUT2D eigenvalue weighted by molar-refractivity contribution is 0.777. The van der Waals surface area contributed by atoms with E-state index in [4.69, 9.17) is 11.6 Å². The minimum atomic E-state index is 0.687. The Labute approximate surface area is 122 Å². The Bertz CT molecular complexity index is 762. The van der Waals surface area contributed by atoms with Gasteiger partial charge in [0, 0.05) is 23.2 Å². The first-order chi connectivity index (χ1) is 9.65. The quantitative estimate of drug-likeness (QED) is 0.708. The summed E-state index contributed by atoms with van der Waals surface area (Å²) in [5, 5.41) is 5.17. The van der Waals surface area contributed by atoms with Crippen molar-refractivity contribution in [2.45, 2.75) is 6.92 Å². The topological polar surface area (TPSA) is 30.7 Å². The van der Waals surface area contributed by atoms with Crippen molar-refractivity contribution in [2.24, 2.45) is 7.05 Å². The Morgan fingerprint density at radius 2 is 1.85 bits per heavy atom. The minimum Gasteiger partial charge on any atom is -0.248 e. The summed E-state index contributed by atoms with van der Waals surface area (Å²) >= 11 is 6.02. The normalized spacial score (nSPS) is 10.8. The molecule has 0 saturated heterocycles. The van der Waals surface area contributed by atoms with Crippen LogP contribution in [0.4, 0.5) is 0 Å². The molecule has 100 valence electrons. The maximum atomic E-state index is 6.02. The lowest BCUT2D eigenvalue weighted by Gasteiger charge is -2.03. The maximum absolute atomic E-state index is 6.02. The van der Waals surface area contributed by atoms with E-state index in [-0.39, 0.29) is 0 Å². The SMILES string of the molecule is Cc1ccccc1-c1nc(-c2cccc(Cl)c2)nn1C. The largest absolute Gasteiger partial charge is 0.248 e. The van der Waals surface area contributed by atoms with Crippen molar-refractivity contribution in [3.05, 3.63) is 59.1 Å². The van der Waals surface area contributed by atoms with Gasteiger partial charge in [-0.3, -0.25) is 0 Å². The molecule has 3 nitrogen and oxygen atoms in total. The van der Waals surface area contributed by atoms with Crippen molar-refractivity contribution >= 4 is 11.6 Å². The predicted molar refractivity (Wildman–Crippen MR) is 81.6 cm³/mol. The second-order valence-electron chi connectivity index (χ2n) is 4.71. The van der Waals surface area contributed by atoms with Gasteiger partial charge in [-0.25, -0.2) is 9.67 Å². The number of halogens is 1. The van der Waals surface area contributed by atoms with Gasteiger partial charge in [0.25, 0.3) is 0 Å². The zero-order chi connectivity index (χ0) is 14.1. The average Bonchev–Trinajstić information content (AvgIpc) is 2.81. The van der Waals surface area contributed by atoms with Crippen LogP contribution in [0.5, 0.6) is 0 Å². The lowest BCUT2D eigenvalue weighted by atomic mass is 10.1. The van der Waals surface area contributed by atoms with Gasteiger partial charge in [-0.2, -0.15) is 5.10 Å². The first-order valence-electron chi connectivity index (χ1n) is 6.38. The maximum Gasteiger partial charge on any atom is 0.181 e. The molecule has 0 spiro atoms. The lowest BCUT2D eigenvalue weighted by Crippen LogP contribution is -1.95. The van der Waals surface area contributed by atoms with Gasteiger partial charge in [-0.1, -0.05) is 48.0 Å². The highest BCUT2D eigenvalue weighted by atomic mass is 35.5. The number of hydrogen-bond acceptors (Lipinski definition) is 2. The molecule has 1 aromatic heterocycles. The van der Waals surface area contributed by atoms with Crippen LogP contribution in [-0.2, 0) is 7.05 Å². The van der Waals surface area contributed by atoms with Crippen LogP contribution in [-0.4, -0.2) is 14.8 Å². The monoisotopic (exact) mass is 283 g/mol. The fraction of sp³-hybridized carbons (Fsp3) is 0.125. The molecule has 0 atom stereocenters. The summed E-state index contributed by atoms with van der Waals surface area (Å²) < 4.78 is 1.80. The van der Waals surface area contributed by atoms with Gasteiger partial charge in [0.2, 0.25) is 0 Å². The molecule has 3 aromatic rings. The highest BCUT2D eigenvalue weighted by molar-refractivity contribution is 6.30. The van der Waals surface area contributed by atoms with Crippen LogP contribution in [0.15, 0.2) is 48.5 Å². The number of rotatable bonds is 2. The molecule has 0 amide bonds. The molecule has 0 bridgehead atoms. The van der Waals surface area contributed by atoms with Crippen LogP contribution in [0.1, 0.15) is 5.56 Å². The second kappa shape index (κ2) is 5.10. The van der Waals surface area contributed by atoms with Gasteiger partial charge in [-0.15, -0.1) is 0 Å². The highest BCUT2D eigenvalue weighted by Gasteiger charge is 2.12. The summed E-state index contributed by atoms with van der Waals surface area (Å²) in [6.07, 6.45) is 0. The van der Waals surface area contributed by atoms with Crippen LogP contribution >= 0.6 is 11.6 Å². The van der Waals surface area contributed by atoms with Crippen LogP contribution in [0.25, 0.3) is 22.8 Å². The standard InChI is InChI=1S/C16H14ClN3/c1-11-6-3-4-9-14(11)16-18-15(19-20(16)2)12-7-5-8-13(17)10-12/h3-10H,1-2H3. The molecule has 2 aromatic carbocycles. The zero-order valence-corrected chi connectivity index (χ0v) is 12.1. The summed E-state index contributed by atoms with van der Waals surface area (Å²) in [5.41, 5.74) is 3.20. The zero-order valence-electron chi connectivity index (χ0n) is 11.3. The van der Waals surface area contributed by atoms with E-state index in [2.05, 4.69) is 29.1 Å². The second-order valence-corrected chi connectivity index (χ2v) is 5.14. The summed E-state index contributed by atoms with van der Waals surface area (Å²) in [6.45, 7) is 2.07. The minimum absolute atomic E-state index is 0.687. The number of hydrogen-bond donors (Lipinski definition) is 0.